The second kappa shape index (κ2) is 11.6. The zero-order valence-electron chi connectivity index (χ0n) is 17.5. The lowest BCUT2D eigenvalue weighted by atomic mass is 10.2. The van der Waals surface area contributed by atoms with E-state index in [2.05, 4.69) is 10.6 Å². The maximum Gasteiger partial charge on any atom is 0.338 e. The number of esters is 1. The first kappa shape index (κ1) is 22.9. The highest BCUT2D eigenvalue weighted by Gasteiger charge is 2.17. The summed E-state index contributed by atoms with van der Waals surface area (Å²) in [5.41, 5.74) is 1.67. The molecule has 1 unspecified atom stereocenters. The molecule has 0 aliphatic rings. The number of amides is 2. The second-order valence-corrected chi connectivity index (χ2v) is 6.58. The van der Waals surface area contributed by atoms with Crippen molar-refractivity contribution in [2.75, 3.05) is 44.0 Å². The van der Waals surface area contributed by atoms with E-state index in [0.717, 1.165) is 4.90 Å². The van der Waals surface area contributed by atoms with Crippen LogP contribution < -0.4 is 20.3 Å². The van der Waals surface area contributed by atoms with E-state index >= 15 is 0 Å². The molecule has 2 rings (SSSR count). The second-order valence-electron chi connectivity index (χ2n) is 6.58. The Labute approximate surface area is 176 Å². The molecule has 0 bridgehead atoms. The minimum Gasteiger partial charge on any atom is -0.497 e. The summed E-state index contributed by atoms with van der Waals surface area (Å²) < 4.78 is 10.0. The SMILES string of the molecule is CCOC(=O)c1ccc(NC(=O)C[NH+](CC)CC(=O)Nc2ccc(OC)cc2)cc1. The quantitative estimate of drug-likeness (QED) is 0.510. The number of carbonyl (C=O) groups excluding carboxylic acids is 3. The van der Waals surface area contributed by atoms with Gasteiger partial charge in [-0.3, -0.25) is 9.59 Å². The van der Waals surface area contributed by atoms with Gasteiger partial charge < -0.3 is 25.0 Å². The molecule has 0 fully saturated rings. The average molecular weight is 414 g/mol. The van der Waals surface area contributed by atoms with E-state index in [0.29, 0.717) is 35.8 Å². The molecule has 0 aromatic heterocycles. The molecule has 30 heavy (non-hydrogen) atoms. The number of hydrogen-bond acceptors (Lipinski definition) is 5. The number of quaternary nitrogens is 1. The van der Waals surface area contributed by atoms with E-state index in [1.807, 2.05) is 6.92 Å². The number of hydrogen-bond donors (Lipinski definition) is 3. The number of benzene rings is 2. The summed E-state index contributed by atoms with van der Waals surface area (Å²) in [6.45, 7) is 4.89. The molecule has 0 heterocycles. The monoisotopic (exact) mass is 414 g/mol. The highest BCUT2D eigenvalue weighted by atomic mass is 16.5. The summed E-state index contributed by atoms with van der Waals surface area (Å²) >= 11 is 0. The largest absolute Gasteiger partial charge is 0.497 e. The molecule has 2 aromatic carbocycles. The molecule has 3 N–H and O–H groups in total. The molecule has 8 nitrogen and oxygen atoms in total. The summed E-state index contributed by atoms with van der Waals surface area (Å²) in [6.07, 6.45) is 0. The molecule has 2 amide bonds. The van der Waals surface area contributed by atoms with Crippen LogP contribution in [0.5, 0.6) is 5.75 Å². The van der Waals surface area contributed by atoms with Crippen molar-refractivity contribution >= 4 is 29.2 Å². The molecule has 0 spiro atoms. The summed E-state index contributed by atoms with van der Waals surface area (Å²) in [5, 5.41) is 5.60. The fourth-order valence-corrected chi connectivity index (χ4v) is 2.76. The lowest BCUT2D eigenvalue weighted by Gasteiger charge is -2.17. The van der Waals surface area contributed by atoms with Crippen molar-refractivity contribution < 1.29 is 28.8 Å². The Hall–Kier alpha value is -3.39. The fourth-order valence-electron chi connectivity index (χ4n) is 2.76. The molecular weight excluding hydrogens is 386 g/mol. The van der Waals surface area contributed by atoms with Crippen LogP contribution in [0.15, 0.2) is 48.5 Å². The van der Waals surface area contributed by atoms with E-state index < -0.39 is 5.97 Å². The van der Waals surface area contributed by atoms with Crippen LogP contribution >= 0.6 is 0 Å². The predicted octanol–water partition coefficient (Wildman–Crippen LogP) is 1.35. The molecule has 160 valence electrons. The van der Waals surface area contributed by atoms with Gasteiger partial charge in [-0.15, -0.1) is 0 Å². The lowest BCUT2D eigenvalue weighted by molar-refractivity contribution is -0.881. The minimum absolute atomic E-state index is 0.145. The van der Waals surface area contributed by atoms with E-state index in [4.69, 9.17) is 9.47 Å². The normalized spacial score (nSPS) is 11.3. The van der Waals surface area contributed by atoms with Crippen LogP contribution in [0, 0.1) is 0 Å². The van der Waals surface area contributed by atoms with Crippen LogP contribution in [0.2, 0.25) is 0 Å². The zero-order chi connectivity index (χ0) is 21.9. The van der Waals surface area contributed by atoms with Gasteiger partial charge in [0.2, 0.25) is 0 Å². The summed E-state index contributed by atoms with van der Waals surface area (Å²) in [4.78, 5) is 37.1. The first-order valence-electron chi connectivity index (χ1n) is 9.79. The van der Waals surface area contributed by atoms with Gasteiger partial charge in [-0.2, -0.15) is 0 Å². The van der Waals surface area contributed by atoms with Gasteiger partial charge in [0.15, 0.2) is 13.1 Å². The Morgan fingerprint density at radius 3 is 1.77 bits per heavy atom. The topological polar surface area (TPSA) is 98.2 Å². The Balaban J connectivity index is 1.84. The highest BCUT2D eigenvalue weighted by Crippen LogP contribution is 2.14. The van der Waals surface area contributed by atoms with Gasteiger partial charge in [-0.1, -0.05) is 0 Å². The molecule has 0 aliphatic carbocycles. The van der Waals surface area contributed by atoms with Gasteiger partial charge in [-0.05, 0) is 62.4 Å². The summed E-state index contributed by atoms with van der Waals surface area (Å²) in [6, 6.07) is 13.5. The number of rotatable bonds is 10. The van der Waals surface area contributed by atoms with Crippen molar-refractivity contribution in [3.63, 3.8) is 0 Å². The summed E-state index contributed by atoms with van der Waals surface area (Å²) in [5.74, 6) is -0.0859. The number of nitrogens with one attached hydrogen (secondary N) is 3. The molecular formula is C22H28N3O5+. The Morgan fingerprint density at radius 2 is 1.33 bits per heavy atom. The van der Waals surface area contributed by atoms with Crippen LogP contribution in [0.1, 0.15) is 24.2 Å². The number of likely N-dealkylation sites (N-methyl/N-ethyl adjacent to an activating group) is 1. The van der Waals surface area contributed by atoms with Crippen LogP contribution in [0.25, 0.3) is 0 Å². The number of ether oxygens (including phenoxy) is 2. The Morgan fingerprint density at radius 1 is 0.833 bits per heavy atom. The molecule has 8 heteroatoms. The third-order valence-corrected chi connectivity index (χ3v) is 4.37. The van der Waals surface area contributed by atoms with Gasteiger partial charge in [-0.25, -0.2) is 4.79 Å². The molecule has 2 aromatic rings. The first-order chi connectivity index (χ1) is 14.4. The van der Waals surface area contributed by atoms with Gasteiger partial charge in [0.25, 0.3) is 11.8 Å². The Kier molecular flexibility index (Phi) is 8.83. The van der Waals surface area contributed by atoms with Crippen LogP contribution in [0.4, 0.5) is 11.4 Å². The van der Waals surface area contributed by atoms with Gasteiger partial charge >= 0.3 is 5.97 Å². The zero-order valence-corrected chi connectivity index (χ0v) is 17.5. The van der Waals surface area contributed by atoms with Crippen molar-refractivity contribution in [2.24, 2.45) is 0 Å². The van der Waals surface area contributed by atoms with Crippen molar-refractivity contribution in [1.29, 1.82) is 0 Å². The standard InChI is InChI=1S/C22H27N3O5/c1-4-25(15-21(27)24-18-10-12-19(29-3)13-11-18)14-20(26)23-17-8-6-16(7-9-17)22(28)30-5-2/h6-13H,4-5,14-15H2,1-3H3,(H,23,26)(H,24,27)/p+1. The van der Waals surface area contributed by atoms with E-state index in [9.17, 15) is 14.4 Å². The number of methoxy groups -OCH3 is 1. The summed E-state index contributed by atoms with van der Waals surface area (Å²) in [7, 11) is 1.58. The molecule has 0 radical (unpaired) electrons. The number of carbonyl (C=O) groups is 3. The minimum atomic E-state index is -0.403. The van der Waals surface area contributed by atoms with Crippen LogP contribution in [-0.4, -0.2) is 51.1 Å². The van der Waals surface area contributed by atoms with Crippen LogP contribution in [-0.2, 0) is 14.3 Å². The van der Waals surface area contributed by atoms with E-state index in [-0.39, 0.29) is 24.9 Å². The maximum absolute atomic E-state index is 12.3. The average Bonchev–Trinajstić information content (AvgIpc) is 2.74. The van der Waals surface area contributed by atoms with Crippen molar-refractivity contribution in [2.45, 2.75) is 13.8 Å². The van der Waals surface area contributed by atoms with E-state index in [1.165, 1.54) is 0 Å². The molecule has 1 atom stereocenters. The fraction of sp³-hybridized carbons (Fsp3) is 0.318. The smallest absolute Gasteiger partial charge is 0.338 e. The molecule has 0 aliphatic heterocycles. The first-order valence-corrected chi connectivity index (χ1v) is 9.79. The highest BCUT2D eigenvalue weighted by molar-refractivity contribution is 5.94. The molecule has 0 saturated heterocycles. The van der Waals surface area contributed by atoms with Gasteiger partial charge in [0.05, 0.1) is 25.8 Å². The predicted molar refractivity (Wildman–Crippen MR) is 114 cm³/mol. The lowest BCUT2D eigenvalue weighted by Crippen LogP contribution is -3.13. The number of anilines is 2. The van der Waals surface area contributed by atoms with Crippen LogP contribution in [0.3, 0.4) is 0 Å². The third kappa shape index (κ3) is 7.21. The van der Waals surface area contributed by atoms with E-state index in [1.54, 1.807) is 62.6 Å². The maximum atomic E-state index is 12.3. The van der Waals surface area contributed by atoms with Gasteiger partial charge in [0.1, 0.15) is 5.75 Å². The third-order valence-electron chi connectivity index (χ3n) is 4.37. The Bertz CT molecular complexity index is 850. The van der Waals surface area contributed by atoms with Crippen molar-refractivity contribution in [3.8, 4) is 5.75 Å². The molecule has 0 saturated carbocycles. The van der Waals surface area contributed by atoms with Crippen molar-refractivity contribution in [1.82, 2.24) is 0 Å². The van der Waals surface area contributed by atoms with Crippen molar-refractivity contribution in [3.05, 3.63) is 54.1 Å². The van der Waals surface area contributed by atoms with Gasteiger partial charge in [0, 0.05) is 11.4 Å².